The van der Waals surface area contributed by atoms with E-state index in [1.165, 1.54) is 0 Å². The van der Waals surface area contributed by atoms with Crippen molar-refractivity contribution in [2.24, 2.45) is 5.41 Å². The largest absolute Gasteiger partial charge is 0.389 e. The van der Waals surface area contributed by atoms with Crippen LogP contribution in [0, 0.1) is 5.41 Å². The first kappa shape index (κ1) is 14.3. The van der Waals surface area contributed by atoms with E-state index in [1.54, 1.807) is 26.2 Å². The maximum atomic E-state index is 11.7. The van der Waals surface area contributed by atoms with Crippen LogP contribution in [0.1, 0.15) is 34.1 Å². The summed E-state index contributed by atoms with van der Waals surface area (Å²) in [6.45, 7) is 7.33. The summed E-state index contributed by atoms with van der Waals surface area (Å²) in [5.74, 6) is 0.157. The molecule has 0 heterocycles. The van der Waals surface area contributed by atoms with Crippen molar-refractivity contribution < 1.29 is 14.6 Å². The first-order chi connectivity index (χ1) is 6.77. The van der Waals surface area contributed by atoms with Gasteiger partial charge in [0.15, 0.2) is 0 Å². The predicted octanol–water partition coefficient (Wildman–Crippen LogP) is 1.94. The van der Waals surface area contributed by atoms with E-state index in [9.17, 15) is 4.79 Å². The van der Waals surface area contributed by atoms with Gasteiger partial charge >= 0.3 is 0 Å². The summed E-state index contributed by atoms with van der Waals surface area (Å²) in [5, 5.41) is 9.06. The second-order valence-corrected chi connectivity index (χ2v) is 4.78. The SMILES string of the molecule is CO[C@H](/C=C/[C@@H](C)O)CC(=O)C(C)(C)C. The summed E-state index contributed by atoms with van der Waals surface area (Å²) in [4.78, 5) is 11.7. The lowest BCUT2D eigenvalue weighted by atomic mass is 9.87. The summed E-state index contributed by atoms with van der Waals surface area (Å²) in [6, 6.07) is 0. The number of carbonyl (C=O) groups excluding carboxylic acids is 1. The fraction of sp³-hybridized carbons (Fsp3) is 0.750. The molecule has 2 atom stereocenters. The Morgan fingerprint density at radius 2 is 1.93 bits per heavy atom. The Morgan fingerprint density at radius 3 is 2.27 bits per heavy atom. The normalized spacial score (nSPS) is 16.7. The number of Topliss-reactive ketones (excluding diaryl/α,β-unsaturated/α-hetero) is 1. The van der Waals surface area contributed by atoms with Crippen LogP contribution >= 0.6 is 0 Å². The van der Waals surface area contributed by atoms with Crippen molar-refractivity contribution in [3.63, 3.8) is 0 Å². The molecule has 0 amide bonds. The van der Waals surface area contributed by atoms with Crippen molar-refractivity contribution in [3.05, 3.63) is 12.2 Å². The third kappa shape index (κ3) is 6.42. The Hall–Kier alpha value is -0.670. The van der Waals surface area contributed by atoms with Gasteiger partial charge in [-0.15, -0.1) is 0 Å². The van der Waals surface area contributed by atoms with Gasteiger partial charge < -0.3 is 9.84 Å². The monoisotopic (exact) mass is 214 g/mol. The quantitative estimate of drug-likeness (QED) is 0.711. The van der Waals surface area contributed by atoms with Gasteiger partial charge in [-0.1, -0.05) is 32.9 Å². The topological polar surface area (TPSA) is 46.5 Å². The van der Waals surface area contributed by atoms with Gasteiger partial charge in [-0.3, -0.25) is 4.79 Å². The Bertz CT molecular complexity index is 224. The number of rotatable bonds is 5. The highest BCUT2D eigenvalue weighted by atomic mass is 16.5. The molecule has 0 bridgehead atoms. The van der Waals surface area contributed by atoms with Crippen LogP contribution in [0.15, 0.2) is 12.2 Å². The molecular weight excluding hydrogens is 192 g/mol. The maximum absolute atomic E-state index is 11.7. The number of methoxy groups -OCH3 is 1. The molecule has 0 spiro atoms. The maximum Gasteiger partial charge on any atom is 0.141 e. The smallest absolute Gasteiger partial charge is 0.141 e. The summed E-state index contributed by atoms with van der Waals surface area (Å²) < 4.78 is 5.15. The lowest BCUT2D eigenvalue weighted by molar-refractivity contribution is -0.128. The van der Waals surface area contributed by atoms with Gasteiger partial charge in [0.2, 0.25) is 0 Å². The number of hydrogen-bond acceptors (Lipinski definition) is 3. The first-order valence-corrected chi connectivity index (χ1v) is 5.20. The van der Waals surface area contributed by atoms with E-state index in [0.29, 0.717) is 6.42 Å². The first-order valence-electron chi connectivity index (χ1n) is 5.20. The number of ether oxygens (including phenoxy) is 1. The van der Waals surface area contributed by atoms with E-state index < -0.39 is 6.10 Å². The molecule has 0 saturated carbocycles. The minimum Gasteiger partial charge on any atom is -0.389 e. The zero-order valence-corrected chi connectivity index (χ0v) is 10.3. The Labute approximate surface area is 92.1 Å². The number of carbonyl (C=O) groups is 1. The lowest BCUT2D eigenvalue weighted by Crippen LogP contribution is -2.25. The van der Waals surface area contributed by atoms with Crippen LogP contribution < -0.4 is 0 Å². The molecule has 0 aromatic carbocycles. The van der Waals surface area contributed by atoms with Gasteiger partial charge in [0.25, 0.3) is 0 Å². The fourth-order valence-electron chi connectivity index (χ4n) is 1.00. The highest BCUT2D eigenvalue weighted by Gasteiger charge is 2.23. The number of aliphatic hydroxyl groups is 1. The summed E-state index contributed by atoms with van der Waals surface area (Å²) in [5.41, 5.74) is -0.338. The molecular formula is C12H22O3. The van der Waals surface area contributed by atoms with E-state index in [4.69, 9.17) is 9.84 Å². The van der Waals surface area contributed by atoms with Gasteiger partial charge in [-0.05, 0) is 6.92 Å². The van der Waals surface area contributed by atoms with Gasteiger partial charge in [0.1, 0.15) is 5.78 Å². The van der Waals surface area contributed by atoms with Crippen LogP contribution in [0.2, 0.25) is 0 Å². The van der Waals surface area contributed by atoms with Gasteiger partial charge in [0, 0.05) is 18.9 Å². The third-order valence-corrected chi connectivity index (χ3v) is 2.13. The average Bonchev–Trinajstić information content (AvgIpc) is 2.09. The average molecular weight is 214 g/mol. The molecule has 88 valence electrons. The Morgan fingerprint density at radius 1 is 1.40 bits per heavy atom. The van der Waals surface area contributed by atoms with Crippen LogP contribution in [0.5, 0.6) is 0 Å². The van der Waals surface area contributed by atoms with Crippen molar-refractivity contribution >= 4 is 5.78 Å². The van der Waals surface area contributed by atoms with Crippen molar-refractivity contribution in [2.75, 3.05) is 7.11 Å². The van der Waals surface area contributed by atoms with Crippen LogP contribution in [0.4, 0.5) is 0 Å². The summed E-state index contributed by atoms with van der Waals surface area (Å²) in [6.07, 6.45) is 2.96. The zero-order chi connectivity index (χ0) is 12.1. The second-order valence-electron chi connectivity index (χ2n) is 4.78. The molecule has 0 saturated heterocycles. The van der Waals surface area contributed by atoms with Gasteiger partial charge in [-0.25, -0.2) is 0 Å². The van der Waals surface area contributed by atoms with Gasteiger partial charge in [-0.2, -0.15) is 0 Å². The van der Waals surface area contributed by atoms with E-state index >= 15 is 0 Å². The zero-order valence-electron chi connectivity index (χ0n) is 10.3. The van der Waals surface area contributed by atoms with Crippen molar-refractivity contribution in [2.45, 2.75) is 46.3 Å². The van der Waals surface area contributed by atoms with Crippen molar-refractivity contribution in [1.29, 1.82) is 0 Å². The summed E-state index contributed by atoms with van der Waals surface area (Å²) >= 11 is 0. The molecule has 3 nitrogen and oxygen atoms in total. The van der Waals surface area contributed by atoms with Crippen LogP contribution in [0.3, 0.4) is 0 Å². The third-order valence-electron chi connectivity index (χ3n) is 2.13. The van der Waals surface area contributed by atoms with Crippen molar-refractivity contribution in [1.82, 2.24) is 0 Å². The highest BCUT2D eigenvalue weighted by molar-refractivity contribution is 5.84. The molecule has 0 aliphatic carbocycles. The molecule has 0 aromatic heterocycles. The lowest BCUT2D eigenvalue weighted by Gasteiger charge is -2.19. The molecule has 0 unspecified atom stereocenters. The van der Waals surface area contributed by atoms with E-state index in [0.717, 1.165) is 0 Å². The van der Waals surface area contributed by atoms with Crippen LogP contribution in [0.25, 0.3) is 0 Å². The van der Waals surface area contributed by atoms with Crippen LogP contribution in [-0.2, 0) is 9.53 Å². The molecule has 3 heteroatoms. The van der Waals surface area contributed by atoms with Crippen molar-refractivity contribution in [3.8, 4) is 0 Å². The molecule has 0 radical (unpaired) electrons. The van der Waals surface area contributed by atoms with Gasteiger partial charge in [0.05, 0.1) is 12.2 Å². The predicted molar refractivity (Wildman–Crippen MR) is 60.7 cm³/mol. The minimum atomic E-state index is -0.507. The molecule has 0 rings (SSSR count). The molecule has 0 aliphatic heterocycles. The molecule has 0 aromatic rings. The van der Waals surface area contributed by atoms with E-state index in [1.807, 2.05) is 20.8 Å². The molecule has 1 N–H and O–H groups in total. The number of aliphatic hydroxyl groups excluding tert-OH is 1. The standard InChI is InChI=1S/C12H22O3/c1-9(13)6-7-10(15-5)8-11(14)12(2,3)4/h6-7,9-10,13H,8H2,1-5H3/b7-6+/t9-,10-/m1/s1. The van der Waals surface area contributed by atoms with Crippen LogP contribution in [-0.4, -0.2) is 30.2 Å². The highest BCUT2D eigenvalue weighted by Crippen LogP contribution is 2.18. The number of hydrogen-bond donors (Lipinski definition) is 1. The molecule has 0 aliphatic rings. The Balaban J connectivity index is 4.29. The second kappa shape index (κ2) is 6.03. The summed E-state index contributed by atoms with van der Waals surface area (Å²) in [7, 11) is 1.56. The number of ketones is 1. The van der Waals surface area contributed by atoms with E-state index in [2.05, 4.69) is 0 Å². The van der Waals surface area contributed by atoms with E-state index in [-0.39, 0.29) is 17.3 Å². The minimum absolute atomic E-state index is 0.157. The fourth-order valence-corrected chi connectivity index (χ4v) is 1.00. The molecule has 0 fully saturated rings. The molecule has 15 heavy (non-hydrogen) atoms. The Kier molecular flexibility index (Phi) is 5.76.